The van der Waals surface area contributed by atoms with E-state index < -0.39 is 31.2 Å². The van der Waals surface area contributed by atoms with Gasteiger partial charge in [-0.15, -0.1) is 0 Å². The van der Waals surface area contributed by atoms with Gasteiger partial charge in [-0.2, -0.15) is 13.5 Å². The van der Waals surface area contributed by atoms with Crippen molar-refractivity contribution in [3.8, 4) is 5.88 Å². The van der Waals surface area contributed by atoms with E-state index in [-0.39, 0.29) is 22.9 Å². The molecule has 0 unspecified atom stereocenters. The number of hydrogen-bond acceptors (Lipinski definition) is 7. The first-order chi connectivity index (χ1) is 17.3. The first-order valence-electron chi connectivity index (χ1n) is 13.2. The molecule has 1 aliphatic rings. The number of nitrogens with zero attached hydrogens (tertiary/aromatic N) is 2. The van der Waals surface area contributed by atoms with Crippen LogP contribution in [-0.4, -0.2) is 43.9 Å². The summed E-state index contributed by atoms with van der Waals surface area (Å²) < 4.78 is 58.3. The van der Waals surface area contributed by atoms with Crippen molar-refractivity contribution in [1.29, 1.82) is 0 Å². The Bertz CT molecular complexity index is 1370. The Kier molecular flexibility index (Phi) is 8.94. The lowest BCUT2D eigenvalue weighted by molar-refractivity contribution is 0.103. The van der Waals surface area contributed by atoms with E-state index >= 15 is 0 Å². The summed E-state index contributed by atoms with van der Waals surface area (Å²) in [7, 11) is -7.38. The van der Waals surface area contributed by atoms with Gasteiger partial charge in [0, 0.05) is 12.1 Å². The standard InChI is InChI=1S/C27H40N2O6S2/c1-7-9-10-11-12-13-15-37(33,34)35-26-22(18-28-29(26)8-2)24(30)21-17-19(3)25-23(20(21)4)27(5,6)14-16-36(25,31)32/h17-18H,7-16H2,1-6H3. The van der Waals surface area contributed by atoms with Gasteiger partial charge in [-0.3, -0.25) is 4.79 Å². The van der Waals surface area contributed by atoms with Gasteiger partial charge in [-0.25, -0.2) is 13.1 Å². The number of rotatable bonds is 12. The van der Waals surface area contributed by atoms with Crippen molar-refractivity contribution in [2.75, 3.05) is 11.5 Å². The Hall–Kier alpha value is -2.20. The molecule has 1 aliphatic heterocycles. The first kappa shape index (κ1) is 29.4. The zero-order valence-electron chi connectivity index (χ0n) is 22.9. The molecule has 0 amide bonds. The number of ketones is 1. The van der Waals surface area contributed by atoms with Crippen LogP contribution < -0.4 is 4.18 Å². The summed E-state index contributed by atoms with van der Waals surface area (Å²) in [4.78, 5) is 14.1. The number of carbonyl (C=O) groups is 1. The molecule has 0 saturated carbocycles. The van der Waals surface area contributed by atoms with E-state index in [1.165, 1.54) is 10.9 Å². The quantitative estimate of drug-likeness (QED) is 0.200. The van der Waals surface area contributed by atoms with Gasteiger partial charge in [0.1, 0.15) is 5.56 Å². The molecule has 0 atom stereocenters. The highest BCUT2D eigenvalue weighted by molar-refractivity contribution is 7.91. The van der Waals surface area contributed by atoms with Gasteiger partial charge < -0.3 is 4.18 Å². The highest BCUT2D eigenvalue weighted by Gasteiger charge is 2.39. The number of sulfone groups is 1. The van der Waals surface area contributed by atoms with E-state index in [9.17, 15) is 21.6 Å². The first-order valence-corrected chi connectivity index (χ1v) is 16.4. The van der Waals surface area contributed by atoms with E-state index in [4.69, 9.17) is 4.18 Å². The molecule has 37 heavy (non-hydrogen) atoms. The molecule has 3 rings (SSSR count). The Morgan fingerprint density at radius 3 is 2.38 bits per heavy atom. The summed E-state index contributed by atoms with van der Waals surface area (Å²) in [5, 5.41) is 4.20. The van der Waals surface area contributed by atoms with Crippen molar-refractivity contribution in [2.45, 2.75) is 103 Å². The summed E-state index contributed by atoms with van der Waals surface area (Å²) in [5.41, 5.74) is 1.70. The second-order valence-corrected chi connectivity index (χ2v) is 14.4. The number of carbonyl (C=O) groups excluding carboxylic acids is 1. The Balaban J connectivity index is 1.96. The number of benzene rings is 1. The molecule has 0 fully saturated rings. The van der Waals surface area contributed by atoms with Gasteiger partial charge in [0.15, 0.2) is 15.6 Å². The molecule has 8 nitrogen and oxygen atoms in total. The third-order valence-corrected chi connectivity index (χ3v) is 10.3. The van der Waals surface area contributed by atoms with Crippen LogP contribution in [0.15, 0.2) is 17.2 Å². The van der Waals surface area contributed by atoms with Crippen molar-refractivity contribution >= 4 is 25.7 Å². The molecule has 1 aromatic heterocycles. The van der Waals surface area contributed by atoms with Crippen LogP contribution in [0, 0.1) is 13.8 Å². The smallest absolute Gasteiger partial charge is 0.310 e. The monoisotopic (exact) mass is 552 g/mol. The number of hydrogen-bond donors (Lipinski definition) is 0. The number of aryl methyl sites for hydroxylation is 2. The topological polar surface area (TPSA) is 112 Å². The van der Waals surface area contributed by atoms with Gasteiger partial charge in [0.25, 0.3) is 0 Å². The second kappa shape index (κ2) is 11.3. The fraction of sp³-hybridized carbons (Fsp3) is 0.630. The summed E-state index contributed by atoms with van der Waals surface area (Å²) >= 11 is 0. The van der Waals surface area contributed by atoms with Gasteiger partial charge in [-0.05, 0) is 61.8 Å². The third-order valence-electron chi connectivity index (χ3n) is 7.24. The largest absolute Gasteiger partial charge is 0.361 e. The molecule has 0 saturated heterocycles. The van der Waals surface area contributed by atoms with Crippen molar-refractivity contribution in [2.24, 2.45) is 0 Å². The molecule has 0 bridgehead atoms. The maximum Gasteiger partial charge on any atom is 0.310 e. The molecular formula is C27H40N2O6S2. The van der Waals surface area contributed by atoms with Gasteiger partial charge >= 0.3 is 10.1 Å². The van der Waals surface area contributed by atoms with Gasteiger partial charge in [0.2, 0.25) is 5.88 Å². The van der Waals surface area contributed by atoms with Crippen LogP contribution in [-0.2, 0) is 31.9 Å². The lowest BCUT2D eigenvalue weighted by Crippen LogP contribution is -2.33. The van der Waals surface area contributed by atoms with Crippen molar-refractivity contribution in [1.82, 2.24) is 9.78 Å². The number of unbranched alkanes of at least 4 members (excludes halogenated alkanes) is 5. The minimum absolute atomic E-state index is 0.0484. The third kappa shape index (κ3) is 6.28. The van der Waals surface area contributed by atoms with Crippen LogP contribution in [0.4, 0.5) is 0 Å². The summed E-state index contributed by atoms with van der Waals surface area (Å²) in [6, 6.07) is 1.59. The lowest BCUT2D eigenvalue weighted by atomic mass is 9.77. The van der Waals surface area contributed by atoms with E-state index in [0.717, 1.165) is 32.1 Å². The van der Waals surface area contributed by atoms with Crippen molar-refractivity contribution in [3.05, 3.63) is 40.1 Å². The minimum Gasteiger partial charge on any atom is -0.361 e. The zero-order chi connectivity index (χ0) is 27.6. The molecule has 0 radical (unpaired) electrons. The van der Waals surface area contributed by atoms with E-state index in [0.29, 0.717) is 46.5 Å². The molecule has 206 valence electrons. The fourth-order valence-corrected chi connectivity index (χ4v) is 8.50. The zero-order valence-corrected chi connectivity index (χ0v) is 24.5. The molecule has 2 aromatic rings. The maximum atomic E-state index is 13.8. The van der Waals surface area contributed by atoms with Crippen LogP contribution >= 0.6 is 0 Å². The number of aromatic nitrogens is 2. The summed E-state index contributed by atoms with van der Waals surface area (Å²) in [6.45, 7) is 11.7. The fourth-order valence-electron chi connectivity index (χ4n) is 5.17. The van der Waals surface area contributed by atoms with E-state index in [1.807, 2.05) is 13.8 Å². The van der Waals surface area contributed by atoms with E-state index in [1.54, 1.807) is 26.8 Å². The minimum atomic E-state index is -3.93. The average Bonchev–Trinajstić information content (AvgIpc) is 3.21. The summed E-state index contributed by atoms with van der Waals surface area (Å²) in [6.07, 6.45) is 7.39. The highest BCUT2D eigenvalue weighted by atomic mass is 32.2. The van der Waals surface area contributed by atoms with Crippen molar-refractivity contribution in [3.63, 3.8) is 0 Å². The van der Waals surface area contributed by atoms with Crippen LogP contribution in [0.3, 0.4) is 0 Å². The second-order valence-electron chi connectivity index (χ2n) is 10.6. The van der Waals surface area contributed by atoms with E-state index in [2.05, 4.69) is 12.0 Å². The predicted molar refractivity (Wildman–Crippen MR) is 145 cm³/mol. The van der Waals surface area contributed by atoms with Crippen LogP contribution in [0.1, 0.15) is 105 Å². The predicted octanol–water partition coefficient (Wildman–Crippen LogP) is 5.27. The molecule has 0 spiro atoms. The van der Waals surface area contributed by atoms with Gasteiger partial charge in [-0.1, -0.05) is 52.9 Å². The molecule has 1 aromatic carbocycles. The Morgan fingerprint density at radius 1 is 1.08 bits per heavy atom. The van der Waals surface area contributed by atoms with Gasteiger partial charge in [0.05, 0.1) is 22.6 Å². The average molecular weight is 553 g/mol. The van der Waals surface area contributed by atoms with Crippen LogP contribution in [0.5, 0.6) is 5.88 Å². The molecule has 0 aliphatic carbocycles. The SMILES string of the molecule is CCCCCCCCS(=O)(=O)Oc1c(C(=O)c2cc(C)c3c(c2C)C(C)(C)CCS3(=O)=O)cnn1CC. The summed E-state index contributed by atoms with van der Waals surface area (Å²) in [5.74, 6) is -0.602. The normalized spacial score (nSPS) is 16.4. The maximum absolute atomic E-state index is 13.8. The molecular weight excluding hydrogens is 512 g/mol. The molecule has 10 heteroatoms. The van der Waals surface area contributed by atoms with Crippen molar-refractivity contribution < 1.29 is 25.8 Å². The van der Waals surface area contributed by atoms with Crippen LogP contribution in [0.2, 0.25) is 0 Å². The Morgan fingerprint density at radius 2 is 1.73 bits per heavy atom. The van der Waals surface area contributed by atoms with Crippen LogP contribution in [0.25, 0.3) is 0 Å². The lowest BCUT2D eigenvalue weighted by Gasteiger charge is -2.35. The Labute approximate surface area is 221 Å². The molecule has 0 N–H and O–H groups in total. The number of fused-ring (bicyclic) bond motifs is 1. The highest BCUT2D eigenvalue weighted by Crippen LogP contribution is 2.43. The molecule has 2 heterocycles.